The lowest BCUT2D eigenvalue weighted by molar-refractivity contribution is -0.190. The van der Waals surface area contributed by atoms with Crippen LogP contribution in [0.3, 0.4) is 0 Å². The van der Waals surface area contributed by atoms with E-state index in [1.165, 1.54) is 62.7 Å². The van der Waals surface area contributed by atoms with Crippen molar-refractivity contribution >= 4 is 101 Å². The van der Waals surface area contributed by atoms with Crippen LogP contribution < -0.4 is 0 Å². The number of ether oxygens (including phenoxy) is 6. The number of esters is 6. The summed E-state index contributed by atoms with van der Waals surface area (Å²) in [7, 11) is 11.7. The zero-order valence-electron chi connectivity index (χ0n) is 35.6. The Hall–Kier alpha value is -1.08. The summed E-state index contributed by atoms with van der Waals surface area (Å²) < 4.78 is 29.4. The third kappa shape index (κ3) is 38.2. The Kier molecular flexibility index (Phi) is 45.0. The average molecular weight is 998 g/mol. The zero-order chi connectivity index (χ0) is 43.2. The number of hydrogen-bond donors (Lipinski definition) is 0. The molecule has 0 aromatic heterocycles. The first kappa shape index (κ1) is 67.5. The molecular formula is C44H84O12S6. The highest BCUT2D eigenvalue weighted by atomic mass is 33.1. The molecule has 0 aromatic rings. The highest BCUT2D eigenvalue weighted by Gasteiger charge is 2.26. The van der Waals surface area contributed by atoms with Crippen LogP contribution in [0.1, 0.15) is 187 Å². The van der Waals surface area contributed by atoms with Crippen molar-refractivity contribution in [1.29, 1.82) is 0 Å². The van der Waals surface area contributed by atoms with E-state index < -0.39 is 24.0 Å². The van der Waals surface area contributed by atoms with Crippen LogP contribution in [0.4, 0.5) is 0 Å². The molecule has 0 radical (unpaired) electrons. The van der Waals surface area contributed by atoms with Gasteiger partial charge in [-0.3, -0.25) is 28.8 Å². The fraction of sp³-hybridized carbons (Fsp3) is 0.864. The SMILES string of the molecule is C.C.C.C.CC(=O)OC(C)OC(=O)CCCC[C@@H]1CCSS1.CC(OC(=O)CCCC[C@@H]1CCSS1)OC(=O)C(C)(C)C.CCCC(=O)OCOC(=O)CCCC[C@@H]1CCSS1. The Morgan fingerprint density at radius 3 is 1.21 bits per heavy atom. The van der Waals surface area contributed by atoms with Gasteiger partial charge in [0.1, 0.15) is 0 Å². The second-order valence-electron chi connectivity index (χ2n) is 15.0. The number of hydrogen-bond acceptors (Lipinski definition) is 18. The summed E-state index contributed by atoms with van der Waals surface area (Å²) in [5, 5.41) is 2.26. The van der Waals surface area contributed by atoms with Crippen LogP contribution in [0.5, 0.6) is 0 Å². The van der Waals surface area contributed by atoms with Crippen molar-refractivity contribution in [1.82, 2.24) is 0 Å². The number of carbonyl (C=O) groups excluding carboxylic acids is 6. The van der Waals surface area contributed by atoms with E-state index in [-0.39, 0.29) is 66.3 Å². The molecule has 0 saturated carbocycles. The first-order chi connectivity index (χ1) is 27.6. The van der Waals surface area contributed by atoms with E-state index in [1.807, 2.05) is 71.7 Å². The number of unbranched alkanes of at least 4 members (excludes halogenated alkanes) is 3. The molecule has 0 N–H and O–H groups in total. The van der Waals surface area contributed by atoms with Gasteiger partial charge >= 0.3 is 35.8 Å². The summed E-state index contributed by atoms with van der Waals surface area (Å²) in [6.45, 7) is 11.4. The molecule has 3 heterocycles. The fourth-order valence-electron chi connectivity index (χ4n) is 5.22. The Morgan fingerprint density at radius 2 is 0.887 bits per heavy atom. The summed E-state index contributed by atoms with van der Waals surface area (Å²) >= 11 is 0. The van der Waals surface area contributed by atoms with E-state index >= 15 is 0 Å². The van der Waals surface area contributed by atoms with Crippen LogP contribution in [-0.4, -0.2) is 88.2 Å². The molecule has 0 aliphatic carbocycles. The summed E-state index contributed by atoms with van der Waals surface area (Å²) in [5.74, 6) is 1.76. The zero-order valence-corrected chi connectivity index (χ0v) is 40.5. The summed E-state index contributed by atoms with van der Waals surface area (Å²) in [6, 6.07) is 0. The van der Waals surface area contributed by atoms with Crippen LogP contribution >= 0.6 is 64.8 Å². The van der Waals surface area contributed by atoms with Crippen LogP contribution in [-0.2, 0) is 57.2 Å². The second kappa shape index (κ2) is 41.4. The minimum atomic E-state index is -0.814. The van der Waals surface area contributed by atoms with E-state index in [0.717, 1.165) is 60.7 Å². The monoisotopic (exact) mass is 996 g/mol. The van der Waals surface area contributed by atoms with Gasteiger partial charge < -0.3 is 28.4 Å². The second-order valence-corrected chi connectivity index (χ2v) is 23.4. The Balaban J connectivity index is -0.000000395. The normalized spacial score (nSPS) is 18.3. The topological polar surface area (TPSA) is 158 Å². The molecular weight excluding hydrogens is 913 g/mol. The molecule has 0 amide bonds. The standard InChI is InChI=1S/C15H26O4S2.C13H22O4S2.C12H20O4S2.4CH4/c1-11(19-14(17)15(2,3)4)18-13(16)8-6-5-7-12-9-10-20-21-12;1-2-5-12(14)16-10-17-13(15)7-4-3-6-11-8-9-18-19-11;1-9(13)15-10(2)16-12(14)6-4-3-5-11-7-8-17-18-11;;;;/h11-12H,5-10H2,1-4H3;11H,2-10H2,1H3;10-11H,3-8H2,1-2H3;4*1H4/t11?,12-;11-;10?,11-;;;;/m111..../s1. The van der Waals surface area contributed by atoms with Crippen LogP contribution in [0.15, 0.2) is 0 Å². The minimum absolute atomic E-state index is 0. The molecule has 3 aliphatic heterocycles. The lowest BCUT2D eigenvalue weighted by Gasteiger charge is -2.20. The molecule has 0 spiro atoms. The summed E-state index contributed by atoms with van der Waals surface area (Å²) in [5.41, 5.74) is -0.586. The Bertz CT molecular complexity index is 1190. The van der Waals surface area contributed by atoms with E-state index in [2.05, 4.69) is 0 Å². The van der Waals surface area contributed by atoms with Crippen molar-refractivity contribution < 1.29 is 57.2 Å². The van der Waals surface area contributed by atoms with Crippen molar-refractivity contribution in [2.45, 2.75) is 216 Å². The van der Waals surface area contributed by atoms with Gasteiger partial charge in [-0.1, -0.05) is 121 Å². The van der Waals surface area contributed by atoms with Crippen LogP contribution in [0.2, 0.25) is 0 Å². The molecule has 3 fully saturated rings. The Labute approximate surface area is 400 Å². The van der Waals surface area contributed by atoms with E-state index in [1.54, 1.807) is 34.6 Å². The van der Waals surface area contributed by atoms with Gasteiger partial charge in [0.05, 0.1) is 5.41 Å². The minimum Gasteiger partial charge on any atom is -0.428 e. The molecule has 2 unspecified atom stereocenters. The molecule has 18 heteroatoms. The van der Waals surface area contributed by atoms with Crippen molar-refractivity contribution in [3.63, 3.8) is 0 Å². The third-order valence-corrected chi connectivity index (χ3v) is 17.4. The third-order valence-electron chi connectivity index (χ3n) is 8.36. The molecule has 3 saturated heterocycles. The van der Waals surface area contributed by atoms with Gasteiger partial charge in [-0.15, -0.1) is 0 Å². The smallest absolute Gasteiger partial charge is 0.314 e. The van der Waals surface area contributed by atoms with Gasteiger partial charge in [0, 0.05) is 79.5 Å². The maximum Gasteiger partial charge on any atom is 0.314 e. The molecule has 0 bridgehead atoms. The van der Waals surface area contributed by atoms with E-state index in [0.29, 0.717) is 25.7 Å². The maximum atomic E-state index is 11.7. The van der Waals surface area contributed by atoms with Gasteiger partial charge in [0.15, 0.2) is 0 Å². The lowest BCUT2D eigenvalue weighted by Crippen LogP contribution is -2.29. The van der Waals surface area contributed by atoms with Gasteiger partial charge in [0.25, 0.3) is 0 Å². The quantitative estimate of drug-likeness (QED) is 0.0313. The van der Waals surface area contributed by atoms with E-state index in [4.69, 9.17) is 28.4 Å². The summed E-state index contributed by atoms with van der Waals surface area (Å²) in [4.78, 5) is 67.7. The van der Waals surface area contributed by atoms with Crippen molar-refractivity contribution in [2.75, 3.05) is 24.1 Å². The van der Waals surface area contributed by atoms with E-state index in [9.17, 15) is 28.8 Å². The average Bonchev–Trinajstić information content (AvgIpc) is 3.96. The Morgan fingerprint density at radius 1 is 0.532 bits per heavy atom. The number of rotatable bonds is 23. The van der Waals surface area contributed by atoms with Crippen molar-refractivity contribution in [3.8, 4) is 0 Å². The lowest BCUT2D eigenvalue weighted by atomic mass is 9.97. The summed E-state index contributed by atoms with van der Waals surface area (Å²) in [6.07, 6.45) is 13.8. The van der Waals surface area contributed by atoms with Crippen molar-refractivity contribution in [2.24, 2.45) is 5.41 Å². The highest BCUT2D eigenvalue weighted by molar-refractivity contribution is 8.78. The first-order valence-electron chi connectivity index (χ1n) is 20.5. The van der Waals surface area contributed by atoms with Crippen LogP contribution in [0, 0.1) is 5.41 Å². The maximum absolute atomic E-state index is 11.7. The van der Waals surface area contributed by atoms with Gasteiger partial charge in [-0.25, -0.2) is 0 Å². The van der Waals surface area contributed by atoms with Gasteiger partial charge in [-0.05, 0) is 85.0 Å². The molecule has 62 heavy (non-hydrogen) atoms. The van der Waals surface area contributed by atoms with Crippen molar-refractivity contribution in [3.05, 3.63) is 0 Å². The largest absolute Gasteiger partial charge is 0.428 e. The van der Waals surface area contributed by atoms with Gasteiger partial charge in [0.2, 0.25) is 19.4 Å². The molecule has 0 aromatic carbocycles. The van der Waals surface area contributed by atoms with Gasteiger partial charge in [-0.2, -0.15) is 0 Å². The molecule has 3 aliphatic rings. The van der Waals surface area contributed by atoms with Crippen LogP contribution in [0.25, 0.3) is 0 Å². The molecule has 12 nitrogen and oxygen atoms in total. The molecule has 368 valence electrons. The molecule has 5 atom stereocenters. The fourth-order valence-corrected chi connectivity index (χ4v) is 14.3. The predicted octanol–water partition coefficient (Wildman–Crippen LogP) is 13.4. The first-order valence-corrected chi connectivity index (χ1v) is 27.7. The predicted molar refractivity (Wildman–Crippen MR) is 268 cm³/mol. The highest BCUT2D eigenvalue weighted by Crippen LogP contribution is 2.41. The number of carbonyl (C=O) groups is 6. The molecule has 3 rings (SSSR count).